The van der Waals surface area contributed by atoms with Gasteiger partial charge in [-0.05, 0) is 6.07 Å². The molecule has 0 bridgehead atoms. The van der Waals surface area contributed by atoms with Gasteiger partial charge in [-0.1, -0.05) is 0 Å². The summed E-state index contributed by atoms with van der Waals surface area (Å²) >= 11 is 0. The molecule has 6 nitrogen and oxygen atoms in total. The monoisotopic (exact) mass is 239 g/mol. The number of ether oxygens (including phenoxy) is 2. The van der Waals surface area contributed by atoms with Crippen molar-refractivity contribution in [3.8, 4) is 17.2 Å². The summed E-state index contributed by atoms with van der Waals surface area (Å²) in [4.78, 5) is 10.3. The third-order valence-corrected chi connectivity index (χ3v) is 2.40. The van der Waals surface area contributed by atoms with Crippen LogP contribution in [0.3, 0.4) is 0 Å². The van der Waals surface area contributed by atoms with Crippen molar-refractivity contribution < 1.29 is 24.5 Å². The topological polar surface area (TPSA) is 88.0 Å². The lowest BCUT2D eigenvalue weighted by Crippen LogP contribution is -2.17. The van der Waals surface area contributed by atoms with E-state index < -0.39 is 5.97 Å². The number of phenolic OH excluding ortho intramolecular Hbond substituents is 1. The Labute approximate surface area is 97.8 Å². The standard InChI is InChI=1S/C11H13NO5/c13-8-4-10-9(16-6-17-10)3-7(8)5-12-2-1-11(14)15/h3-4,12-13H,1-2,5-6H2,(H,14,15). The first kappa shape index (κ1) is 11.5. The van der Waals surface area contributed by atoms with Crippen LogP contribution in [0.25, 0.3) is 0 Å². The number of hydrogen-bond donors (Lipinski definition) is 3. The lowest BCUT2D eigenvalue weighted by molar-refractivity contribution is -0.136. The predicted octanol–water partition coefficient (Wildman–Crippen LogP) is 0.685. The maximum absolute atomic E-state index is 10.3. The molecular formula is C11H13NO5. The van der Waals surface area contributed by atoms with E-state index in [9.17, 15) is 9.90 Å². The Kier molecular flexibility index (Phi) is 3.34. The van der Waals surface area contributed by atoms with Gasteiger partial charge in [0, 0.05) is 24.7 Å². The molecule has 0 aliphatic carbocycles. The van der Waals surface area contributed by atoms with Gasteiger partial charge in [-0.15, -0.1) is 0 Å². The molecule has 92 valence electrons. The number of rotatable bonds is 5. The van der Waals surface area contributed by atoms with E-state index in [1.807, 2.05) is 0 Å². The van der Waals surface area contributed by atoms with Gasteiger partial charge in [0.1, 0.15) is 5.75 Å². The highest BCUT2D eigenvalue weighted by atomic mass is 16.7. The molecular weight excluding hydrogens is 226 g/mol. The minimum absolute atomic E-state index is 0.0469. The van der Waals surface area contributed by atoms with Gasteiger partial charge >= 0.3 is 5.97 Å². The summed E-state index contributed by atoms with van der Waals surface area (Å²) in [6.07, 6.45) is 0.0469. The van der Waals surface area contributed by atoms with Crippen LogP contribution in [0.2, 0.25) is 0 Å². The van der Waals surface area contributed by atoms with Crippen LogP contribution in [-0.4, -0.2) is 29.5 Å². The van der Waals surface area contributed by atoms with Crippen LogP contribution >= 0.6 is 0 Å². The van der Waals surface area contributed by atoms with E-state index in [-0.39, 0.29) is 19.0 Å². The Morgan fingerprint density at radius 3 is 2.76 bits per heavy atom. The van der Waals surface area contributed by atoms with Gasteiger partial charge in [0.05, 0.1) is 6.42 Å². The number of aliphatic carboxylic acids is 1. The van der Waals surface area contributed by atoms with E-state index in [1.165, 1.54) is 6.07 Å². The molecule has 0 fully saturated rings. The molecule has 0 saturated heterocycles. The first-order valence-electron chi connectivity index (χ1n) is 5.21. The van der Waals surface area contributed by atoms with E-state index >= 15 is 0 Å². The number of carboxylic acid groups (broad SMARTS) is 1. The molecule has 0 amide bonds. The number of benzene rings is 1. The second-order valence-corrected chi connectivity index (χ2v) is 3.65. The largest absolute Gasteiger partial charge is 0.507 e. The molecule has 6 heteroatoms. The molecule has 0 unspecified atom stereocenters. The average molecular weight is 239 g/mol. The molecule has 0 saturated carbocycles. The van der Waals surface area contributed by atoms with Crippen LogP contribution in [0.5, 0.6) is 17.2 Å². The molecule has 1 aliphatic heterocycles. The van der Waals surface area contributed by atoms with E-state index in [0.29, 0.717) is 30.2 Å². The number of hydrogen-bond acceptors (Lipinski definition) is 5. The second-order valence-electron chi connectivity index (χ2n) is 3.65. The van der Waals surface area contributed by atoms with Gasteiger partial charge in [0.25, 0.3) is 0 Å². The molecule has 0 radical (unpaired) electrons. The SMILES string of the molecule is O=C(O)CCNCc1cc2c(cc1O)OCO2. The van der Waals surface area contributed by atoms with Crippen LogP contribution < -0.4 is 14.8 Å². The highest BCUT2D eigenvalue weighted by molar-refractivity contribution is 5.66. The summed E-state index contributed by atoms with van der Waals surface area (Å²) in [7, 11) is 0. The van der Waals surface area contributed by atoms with Gasteiger partial charge in [-0.25, -0.2) is 0 Å². The zero-order valence-electron chi connectivity index (χ0n) is 9.10. The van der Waals surface area contributed by atoms with Gasteiger partial charge in [0.15, 0.2) is 11.5 Å². The quantitative estimate of drug-likeness (QED) is 0.655. The van der Waals surface area contributed by atoms with Crippen molar-refractivity contribution in [1.29, 1.82) is 0 Å². The Hall–Kier alpha value is -1.95. The molecule has 17 heavy (non-hydrogen) atoms. The van der Waals surface area contributed by atoms with E-state index in [4.69, 9.17) is 14.6 Å². The van der Waals surface area contributed by atoms with Crippen LogP contribution in [0, 0.1) is 0 Å². The molecule has 1 aromatic rings. The number of aromatic hydroxyl groups is 1. The smallest absolute Gasteiger partial charge is 0.304 e. The lowest BCUT2D eigenvalue weighted by Gasteiger charge is -2.07. The minimum atomic E-state index is -0.854. The third kappa shape index (κ3) is 2.79. The highest BCUT2D eigenvalue weighted by Gasteiger charge is 2.16. The normalized spacial score (nSPS) is 12.7. The fourth-order valence-corrected chi connectivity index (χ4v) is 1.53. The first-order chi connectivity index (χ1) is 8.16. The number of nitrogens with one attached hydrogen (secondary N) is 1. The van der Waals surface area contributed by atoms with Crippen LogP contribution in [0.15, 0.2) is 12.1 Å². The number of phenols is 1. The van der Waals surface area contributed by atoms with Gasteiger partial charge in [-0.3, -0.25) is 4.79 Å². The maximum Gasteiger partial charge on any atom is 0.304 e. The van der Waals surface area contributed by atoms with Crippen LogP contribution in [0.1, 0.15) is 12.0 Å². The van der Waals surface area contributed by atoms with Crippen LogP contribution in [0.4, 0.5) is 0 Å². The summed E-state index contributed by atoms with van der Waals surface area (Å²) in [5.41, 5.74) is 0.652. The third-order valence-electron chi connectivity index (χ3n) is 2.40. The maximum atomic E-state index is 10.3. The molecule has 3 N–H and O–H groups in total. The van der Waals surface area contributed by atoms with E-state index in [1.54, 1.807) is 6.07 Å². The fourth-order valence-electron chi connectivity index (χ4n) is 1.53. The van der Waals surface area contributed by atoms with Crippen molar-refractivity contribution in [2.24, 2.45) is 0 Å². The Bertz CT molecular complexity index is 432. The summed E-state index contributed by atoms with van der Waals surface area (Å²) in [6.45, 7) is 0.892. The van der Waals surface area contributed by atoms with Crippen molar-refractivity contribution in [3.63, 3.8) is 0 Å². The highest BCUT2D eigenvalue weighted by Crippen LogP contribution is 2.37. The lowest BCUT2D eigenvalue weighted by atomic mass is 10.1. The van der Waals surface area contributed by atoms with E-state index in [2.05, 4.69) is 5.32 Å². The zero-order valence-corrected chi connectivity index (χ0v) is 9.10. The summed E-state index contributed by atoms with van der Waals surface area (Å²) < 4.78 is 10.3. The van der Waals surface area contributed by atoms with Crippen molar-refractivity contribution in [2.75, 3.05) is 13.3 Å². The van der Waals surface area contributed by atoms with Gasteiger partial charge in [-0.2, -0.15) is 0 Å². The molecule has 1 aromatic carbocycles. The Morgan fingerprint density at radius 1 is 1.35 bits per heavy atom. The fraction of sp³-hybridized carbons (Fsp3) is 0.364. The molecule has 2 rings (SSSR count). The predicted molar refractivity (Wildman–Crippen MR) is 58.2 cm³/mol. The molecule has 0 spiro atoms. The first-order valence-corrected chi connectivity index (χ1v) is 5.21. The van der Waals surface area contributed by atoms with Crippen molar-refractivity contribution in [1.82, 2.24) is 5.32 Å². The Balaban J connectivity index is 1.94. The number of carboxylic acids is 1. The molecule has 1 heterocycles. The minimum Gasteiger partial charge on any atom is -0.507 e. The second kappa shape index (κ2) is 4.92. The molecule has 0 atom stereocenters. The van der Waals surface area contributed by atoms with E-state index in [0.717, 1.165) is 0 Å². The summed E-state index contributed by atoms with van der Waals surface area (Å²) in [5.74, 6) is 0.374. The zero-order chi connectivity index (χ0) is 12.3. The Morgan fingerprint density at radius 2 is 2.06 bits per heavy atom. The van der Waals surface area contributed by atoms with Crippen LogP contribution in [-0.2, 0) is 11.3 Å². The van der Waals surface area contributed by atoms with Crippen molar-refractivity contribution >= 4 is 5.97 Å². The summed E-state index contributed by atoms with van der Waals surface area (Å²) in [5, 5.41) is 21.1. The average Bonchev–Trinajstić information content (AvgIpc) is 2.71. The number of fused-ring (bicyclic) bond motifs is 1. The summed E-state index contributed by atoms with van der Waals surface area (Å²) in [6, 6.07) is 3.18. The molecule has 1 aliphatic rings. The van der Waals surface area contributed by atoms with Crippen molar-refractivity contribution in [2.45, 2.75) is 13.0 Å². The van der Waals surface area contributed by atoms with Gasteiger partial charge in [0.2, 0.25) is 6.79 Å². The molecule has 0 aromatic heterocycles. The van der Waals surface area contributed by atoms with Gasteiger partial charge < -0.3 is 25.0 Å². The van der Waals surface area contributed by atoms with Crippen molar-refractivity contribution in [3.05, 3.63) is 17.7 Å². The number of carbonyl (C=O) groups is 1.